The summed E-state index contributed by atoms with van der Waals surface area (Å²) < 4.78 is 19.9. The Bertz CT molecular complexity index is 938. The molecule has 140 valence electrons. The summed E-state index contributed by atoms with van der Waals surface area (Å²) in [6.07, 6.45) is 3.16. The lowest BCUT2D eigenvalue weighted by Gasteiger charge is -2.10. The monoisotopic (exact) mass is 427 g/mol. The van der Waals surface area contributed by atoms with Crippen LogP contribution in [0.25, 0.3) is 0 Å². The zero-order valence-corrected chi connectivity index (χ0v) is 16.0. The predicted molar refractivity (Wildman–Crippen MR) is 103 cm³/mol. The van der Waals surface area contributed by atoms with Crippen molar-refractivity contribution >= 4 is 46.4 Å². The maximum atomic E-state index is 12.9. The number of ether oxygens (including phenoxy) is 1. The molecule has 0 unspecified atom stereocenters. The van der Waals surface area contributed by atoms with Crippen LogP contribution in [0, 0.1) is 5.82 Å². The van der Waals surface area contributed by atoms with Crippen molar-refractivity contribution in [2.24, 2.45) is 0 Å². The van der Waals surface area contributed by atoms with Gasteiger partial charge in [0, 0.05) is 11.2 Å². The second kappa shape index (κ2) is 8.61. The summed E-state index contributed by atoms with van der Waals surface area (Å²) >= 11 is 17.8. The molecule has 1 N–H and O–H groups in total. The summed E-state index contributed by atoms with van der Waals surface area (Å²) in [6.45, 7) is 0.160. The molecule has 0 radical (unpaired) electrons. The van der Waals surface area contributed by atoms with Crippen molar-refractivity contribution in [2.45, 2.75) is 6.54 Å². The first-order chi connectivity index (χ1) is 12.9. The molecule has 2 aromatic carbocycles. The van der Waals surface area contributed by atoms with Crippen LogP contribution < -0.4 is 10.1 Å². The Hall–Kier alpha value is -2.28. The van der Waals surface area contributed by atoms with Crippen LogP contribution in [0.1, 0.15) is 5.56 Å². The zero-order valence-electron chi connectivity index (χ0n) is 13.8. The number of benzene rings is 2. The van der Waals surface area contributed by atoms with Crippen LogP contribution >= 0.6 is 34.8 Å². The van der Waals surface area contributed by atoms with Gasteiger partial charge in [-0.3, -0.25) is 9.48 Å². The molecule has 0 saturated heterocycles. The fraction of sp³-hybridized carbons (Fsp3) is 0.111. The van der Waals surface area contributed by atoms with Gasteiger partial charge in [0.2, 0.25) is 0 Å². The van der Waals surface area contributed by atoms with Crippen LogP contribution in [0.15, 0.2) is 48.8 Å². The molecule has 3 aromatic rings. The van der Waals surface area contributed by atoms with E-state index in [1.54, 1.807) is 23.0 Å². The average molecular weight is 429 g/mol. The van der Waals surface area contributed by atoms with Crippen LogP contribution in [-0.2, 0) is 11.3 Å². The number of nitrogens with zero attached hydrogens (tertiary/aromatic N) is 2. The van der Waals surface area contributed by atoms with Gasteiger partial charge in [-0.15, -0.1) is 0 Å². The Kier molecular flexibility index (Phi) is 6.21. The maximum absolute atomic E-state index is 12.9. The second-order valence-electron chi connectivity index (χ2n) is 5.59. The smallest absolute Gasteiger partial charge is 0.262 e. The minimum absolute atomic E-state index is 0.185. The third-order valence-corrected chi connectivity index (χ3v) is 4.27. The number of amides is 1. The van der Waals surface area contributed by atoms with Gasteiger partial charge in [-0.25, -0.2) is 4.39 Å². The normalized spacial score (nSPS) is 10.7. The lowest BCUT2D eigenvalue weighted by Crippen LogP contribution is -2.20. The molecule has 0 atom stereocenters. The number of hydrogen-bond donors (Lipinski definition) is 1. The quantitative estimate of drug-likeness (QED) is 0.598. The number of rotatable bonds is 6. The summed E-state index contributed by atoms with van der Waals surface area (Å²) in [5.41, 5.74) is 1.38. The number of hydrogen-bond acceptors (Lipinski definition) is 3. The highest BCUT2D eigenvalue weighted by molar-refractivity contribution is 6.40. The third-order valence-electron chi connectivity index (χ3n) is 3.49. The highest BCUT2D eigenvalue weighted by Gasteiger charge is 2.12. The molecule has 0 fully saturated rings. The Morgan fingerprint density at radius 2 is 1.81 bits per heavy atom. The van der Waals surface area contributed by atoms with E-state index in [-0.39, 0.29) is 28.2 Å². The highest BCUT2D eigenvalue weighted by Crippen LogP contribution is 2.35. The Balaban J connectivity index is 1.56. The van der Waals surface area contributed by atoms with E-state index < -0.39 is 5.91 Å². The lowest BCUT2D eigenvalue weighted by molar-refractivity contribution is -0.118. The summed E-state index contributed by atoms with van der Waals surface area (Å²) in [5, 5.41) is 7.61. The van der Waals surface area contributed by atoms with Gasteiger partial charge in [0.25, 0.3) is 5.91 Å². The predicted octanol–water partition coefficient (Wildman–Crippen LogP) is 5.05. The number of carbonyl (C=O) groups excluding carboxylic acids is 1. The van der Waals surface area contributed by atoms with Crippen LogP contribution in [-0.4, -0.2) is 22.3 Å². The van der Waals surface area contributed by atoms with E-state index >= 15 is 0 Å². The van der Waals surface area contributed by atoms with Gasteiger partial charge in [-0.2, -0.15) is 5.10 Å². The molecule has 0 spiro atoms. The summed E-state index contributed by atoms with van der Waals surface area (Å²) in [4.78, 5) is 12.1. The first kappa shape index (κ1) is 19.5. The lowest BCUT2D eigenvalue weighted by atomic mass is 10.2. The molecule has 0 saturated carbocycles. The molecule has 1 amide bonds. The van der Waals surface area contributed by atoms with Crippen LogP contribution in [0.4, 0.5) is 10.1 Å². The molecular formula is C18H13Cl3FN3O2. The SMILES string of the molecule is O=C(COc1c(Cl)cc(Cl)cc1Cl)Nc1cnn(Cc2ccc(F)cc2)c1. The van der Waals surface area contributed by atoms with E-state index in [1.807, 2.05) is 0 Å². The van der Waals surface area contributed by atoms with Gasteiger partial charge in [0.05, 0.1) is 28.5 Å². The van der Waals surface area contributed by atoms with Crippen molar-refractivity contribution in [1.29, 1.82) is 0 Å². The molecule has 0 bridgehead atoms. The van der Waals surface area contributed by atoms with Crippen molar-refractivity contribution in [3.05, 3.63) is 75.2 Å². The largest absolute Gasteiger partial charge is 0.481 e. The Morgan fingerprint density at radius 3 is 2.48 bits per heavy atom. The van der Waals surface area contributed by atoms with Crippen molar-refractivity contribution in [1.82, 2.24) is 9.78 Å². The fourth-order valence-electron chi connectivity index (χ4n) is 2.29. The molecule has 0 aliphatic rings. The summed E-state index contributed by atoms with van der Waals surface area (Å²) in [7, 11) is 0. The van der Waals surface area contributed by atoms with Gasteiger partial charge in [0.1, 0.15) is 5.82 Å². The van der Waals surface area contributed by atoms with E-state index in [4.69, 9.17) is 39.5 Å². The van der Waals surface area contributed by atoms with E-state index in [2.05, 4.69) is 10.4 Å². The van der Waals surface area contributed by atoms with Crippen molar-refractivity contribution in [3.8, 4) is 5.75 Å². The number of aromatic nitrogens is 2. The van der Waals surface area contributed by atoms with E-state index in [0.717, 1.165) is 5.56 Å². The van der Waals surface area contributed by atoms with Crippen molar-refractivity contribution in [2.75, 3.05) is 11.9 Å². The van der Waals surface area contributed by atoms with Crippen molar-refractivity contribution < 1.29 is 13.9 Å². The topological polar surface area (TPSA) is 56.1 Å². The molecule has 0 aliphatic carbocycles. The summed E-state index contributed by atoms with van der Waals surface area (Å²) in [5.74, 6) is -0.517. The number of nitrogens with one attached hydrogen (secondary N) is 1. The van der Waals surface area contributed by atoms with Gasteiger partial charge < -0.3 is 10.1 Å². The average Bonchev–Trinajstić information content (AvgIpc) is 3.03. The van der Waals surface area contributed by atoms with Crippen LogP contribution in [0.5, 0.6) is 5.75 Å². The van der Waals surface area contributed by atoms with E-state index in [1.165, 1.54) is 30.5 Å². The van der Waals surface area contributed by atoms with E-state index in [0.29, 0.717) is 17.3 Å². The molecule has 0 aliphatic heterocycles. The zero-order chi connectivity index (χ0) is 19.4. The number of halogens is 4. The molecule has 27 heavy (non-hydrogen) atoms. The number of anilines is 1. The van der Waals surface area contributed by atoms with Gasteiger partial charge >= 0.3 is 0 Å². The Morgan fingerprint density at radius 1 is 1.15 bits per heavy atom. The van der Waals surface area contributed by atoms with Gasteiger partial charge in [-0.1, -0.05) is 46.9 Å². The third kappa shape index (κ3) is 5.35. The van der Waals surface area contributed by atoms with E-state index in [9.17, 15) is 9.18 Å². The van der Waals surface area contributed by atoms with Gasteiger partial charge in [0.15, 0.2) is 12.4 Å². The van der Waals surface area contributed by atoms with Crippen molar-refractivity contribution in [3.63, 3.8) is 0 Å². The van der Waals surface area contributed by atoms with Crippen LogP contribution in [0.2, 0.25) is 15.1 Å². The molecule has 9 heteroatoms. The fourth-order valence-corrected chi connectivity index (χ4v) is 3.22. The molecular weight excluding hydrogens is 416 g/mol. The first-order valence-corrected chi connectivity index (χ1v) is 8.88. The van der Waals surface area contributed by atoms with Crippen LogP contribution in [0.3, 0.4) is 0 Å². The summed E-state index contributed by atoms with van der Waals surface area (Å²) in [6, 6.07) is 9.05. The maximum Gasteiger partial charge on any atom is 0.262 e. The molecule has 3 rings (SSSR count). The molecule has 1 heterocycles. The standard InChI is InChI=1S/C18H13Cl3FN3O2/c19-12-5-15(20)18(16(21)6-12)27-10-17(26)24-14-7-23-25(9-14)8-11-1-3-13(22)4-2-11/h1-7,9H,8,10H2,(H,24,26). The molecule has 1 aromatic heterocycles. The first-order valence-electron chi connectivity index (χ1n) is 7.75. The molecule has 5 nitrogen and oxygen atoms in total. The van der Waals surface area contributed by atoms with Gasteiger partial charge in [-0.05, 0) is 29.8 Å². The second-order valence-corrected chi connectivity index (χ2v) is 6.84. The minimum Gasteiger partial charge on any atom is -0.481 e. The Labute approximate surface area is 169 Å². The minimum atomic E-state index is -0.404. The number of carbonyl (C=O) groups is 1. The highest BCUT2D eigenvalue weighted by atomic mass is 35.5.